The van der Waals surface area contributed by atoms with Crippen molar-refractivity contribution in [1.29, 1.82) is 0 Å². The summed E-state index contributed by atoms with van der Waals surface area (Å²) in [6.07, 6.45) is 0. The summed E-state index contributed by atoms with van der Waals surface area (Å²) in [4.78, 5) is 0. The minimum absolute atomic E-state index is 0.171. The van der Waals surface area contributed by atoms with Gasteiger partial charge in [0.2, 0.25) is 0 Å². The Morgan fingerprint density at radius 2 is 1.12 bits per heavy atom. The van der Waals surface area contributed by atoms with Crippen LogP contribution in [0.25, 0.3) is 0 Å². The molecule has 0 bridgehead atoms. The van der Waals surface area contributed by atoms with E-state index < -0.39 is 0 Å². The summed E-state index contributed by atoms with van der Waals surface area (Å²) in [6, 6.07) is 13.5. The van der Waals surface area contributed by atoms with Crippen LogP contribution in [0.5, 0.6) is 5.75 Å². The van der Waals surface area contributed by atoms with Crippen molar-refractivity contribution in [2.45, 2.75) is 13.8 Å². The molecule has 0 radical (unpaired) electrons. The summed E-state index contributed by atoms with van der Waals surface area (Å²) in [5.74, 6) is 0.159. The van der Waals surface area contributed by atoms with Crippen molar-refractivity contribution < 1.29 is 9.50 Å². The number of phenolic OH excluding ortho intramolecular Hbond substituents is 1. The predicted octanol–water partition coefficient (Wildman–Crippen LogP) is 3.83. The van der Waals surface area contributed by atoms with Crippen molar-refractivity contribution in [2.24, 2.45) is 0 Å². The number of phenols is 1. The number of aryl methyl sites for hydroxylation is 2. The van der Waals surface area contributed by atoms with Crippen molar-refractivity contribution in [3.63, 3.8) is 0 Å². The summed E-state index contributed by atoms with van der Waals surface area (Å²) in [6.45, 7) is 3.92. The topological polar surface area (TPSA) is 20.2 Å². The molecule has 2 heteroatoms. The van der Waals surface area contributed by atoms with Crippen LogP contribution in [0.3, 0.4) is 0 Å². The molecule has 16 heavy (non-hydrogen) atoms. The Kier molecular flexibility index (Phi) is 4.52. The molecule has 0 aromatic heterocycles. The lowest BCUT2D eigenvalue weighted by Gasteiger charge is -1.89. The molecule has 2 rings (SSSR count). The number of halogens is 1. The van der Waals surface area contributed by atoms with Crippen LogP contribution in [-0.4, -0.2) is 5.11 Å². The Hall–Kier alpha value is -1.83. The molecule has 0 aliphatic heterocycles. The smallest absolute Gasteiger partial charge is 0.123 e. The zero-order chi connectivity index (χ0) is 12.0. The van der Waals surface area contributed by atoms with Crippen LogP contribution in [0.1, 0.15) is 11.1 Å². The molecule has 0 fully saturated rings. The maximum atomic E-state index is 12.1. The number of hydrogen-bond acceptors (Lipinski definition) is 1. The third-order valence-electron chi connectivity index (χ3n) is 2.04. The van der Waals surface area contributed by atoms with E-state index in [1.807, 2.05) is 26.0 Å². The maximum absolute atomic E-state index is 12.1. The highest BCUT2D eigenvalue weighted by Gasteiger charge is 1.83. The average molecular weight is 218 g/mol. The lowest BCUT2D eigenvalue weighted by atomic mass is 10.2. The number of aromatic hydroxyl groups is 1. The van der Waals surface area contributed by atoms with Gasteiger partial charge < -0.3 is 5.11 Å². The summed E-state index contributed by atoms with van der Waals surface area (Å²) < 4.78 is 12.1. The van der Waals surface area contributed by atoms with E-state index in [1.54, 1.807) is 24.3 Å². The Morgan fingerprint density at radius 3 is 1.44 bits per heavy atom. The van der Waals surface area contributed by atoms with Crippen molar-refractivity contribution in [3.8, 4) is 5.75 Å². The van der Waals surface area contributed by atoms with Crippen LogP contribution in [-0.2, 0) is 0 Å². The van der Waals surface area contributed by atoms with Gasteiger partial charge in [-0.15, -0.1) is 0 Å². The fraction of sp³-hybridized carbons (Fsp3) is 0.143. The highest BCUT2D eigenvalue weighted by molar-refractivity contribution is 5.24. The van der Waals surface area contributed by atoms with Gasteiger partial charge in [-0.25, -0.2) is 4.39 Å². The van der Waals surface area contributed by atoms with Crippen molar-refractivity contribution in [2.75, 3.05) is 0 Å². The summed E-state index contributed by atoms with van der Waals surface area (Å²) in [7, 11) is 0. The van der Waals surface area contributed by atoms with Gasteiger partial charge in [0.1, 0.15) is 11.6 Å². The van der Waals surface area contributed by atoms with Gasteiger partial charge in [-0.05, 0) is 38.1 Å². The first-order valence-electron chi connectivity index (χ1n) is 5.06. The molecule has 2 aromatic rings. The molecule has 0 aliphatic carbocycles. The monoisotopic (exact) mass is 218 g/mol. The second kappa shape index (κ2) is 5.91. The maximum Gasteiger partial charge on any atom is 0.123 e. The van der Waals surface area contributed by atoms with E-state index in [2.05, 4.69) is 0 Å². The Bertz CT molecular complexity index is 332. The van der Waals surface area contributed by atoms with Gasteiger partial charge in [0.05, 0.1) is 0 Å². The zero-order valence-corrected chi connectivity index (χ0v) is 9.44. The molecule has 0 amide bonds. The van der Waals surface area contributed by atoms with Gasteiger partial charge in [0.25, 0.3) is 0 Å². The van der Waals surface area contributed by atoms with E-state index >= 15 is 0 Å². The normalized spacial score (nSPS) is 9.19. The largest absolute Gasteiger partial charge is 0.508 e. The Morgan fingerprint density at radius 1 is 0.750 bits per heavy atom. The minimum atomic E-state index is -0.171. The van der Waals surface area contributed by atoms with Gasteiger partial charge >= 0.3 is 0 Å². The fourth-order valence-electron chi connectivity index (χ4n) is 1.08. The average Bonchev–Trinajstić information content (AvgIpc) is 2.28. The number of benzene rings is 2. The van der Waals surface area contributed by atoms with Crippen molar-refractivity contribution >= 4 is 0 Å². The molecular weight excluding hydrogens is 203 g/mol. The molecule has 0 heterocycles. The molecule has 1 nitrogen and oxygen atoms in total. The van der Waals surface area contributed by atoms with Gasteiger partial charge in [0.15, 0.2) is 0 Å². The summed E-state index contributed by atoms with van der Waals surface area (Å²) in [5, 5.41) is 8.76. The molecule has 0 saturated heterocycles. The van der Waals surface area contributed by atoms with Crippen LogP contribution < -0.4 is 0 Å². The lowest BCUT2D eigenvalue weighted by molar-refractivity contribution is 0.475. The molecule has 2 aromatic carbocycles. The molecule has 1 N–H and O–H groups in total. The quantitative estimate of drug-likeness (QED) is 0.712. The Labute approximate surface area is 95.2 Å². The second-order valence-electron chi connectivity index (χ2n) is 3.63. The van der Waals surface area contributed by atoms with E-state index in [-0.39, 0.29) is 5.82 Å². The molecule has 0 unspecified atom stereocenters. The third kappa shape index (κ3) is 4.60. The Balaban J connectivity index is 0.000000160. The number of rotatable bonds is 0. The van der Waals surface area contributed by atoms with Crippen LogP contribution in [0.15, 0.2) is 48.5 Å². The van der Waals surface area contributed by atoms with E-state index in [0.717, 1.165) is 5.56 Å². The van der Waals surface area contributed by atoms with E-state index in [1.165, 1.54) is 17.7 Å². The lowest BCUT2D eigenvalue weighted by Crippen LogP contribution is -1.71. The van der Waals surface area contributed by atoms with Crippen LogP contribution in [0.2, 0.25) is 0 Å². The fourth-order valence-corrected chi connectivity index (χ4v) is 1.08. The highest BCUT2D eigenvalue weighted by Crippen LogP contribution is 2.07. The van der Waals surface area contributed by atoms with Crippen molar-refractivity contribution in [1.82, 2.24) is 0 Å². The molecule has 0 atom stereocenters. The van der Waals surface area contributed by atoms with E-state index in [4.69, 9.17) is 5.11 Å². The number of hydrogen-bond donors (Lipinski definition) is 1. The van der Waals surface area contributed by atoms with Crippen LogP contribution in [0.4, 0.5) is 4.39 Å². The highest BCUT2D eigenvalue weighted by atomic mass is 19.1. The summed E-state index contributed by atoms with van der Waals surface area (Å²) in [5.41, 5.74) is 2.26. The van der Waals surface area contributed by atoms with Gasteiger partial charge in [0, 0.05) is 0 Å². The van der Waals surface area contributed by atoms with Gasteiger partial charge in [-0.2, -0.15) is 0 Å². The SMILES string of the molecule is Cc1ccc(F)cc1.Cc1ccc(O)cc1. The van der Waals surface area contributed by atoms with E-state index in [9.17, 15) is 4.39 Å². The van der Waals surface area contributed by atoms with E-state index in [0.29, 0.717) is 5.75 Å². The van der Waals surface area contributed by atoms with Crippen LogP contribution >= 0.6 is 0 Å². The molecule has 0 saturated carbocycles. The first-order chi connectivity index (χ1) is 7.58. The third-order valence-corrected chi connectivity index (χ3v) is 2.04. The molecule has 84 valence electrons. The van der Waals surface area contributed by atoms with Gasteiger partial charge in [-0.3, -0.25) is 0 Å². The van der Waals surface area contributed by atoms with Crippen LogP contribution in [0, 0.1) is 19.7 Å². The predicted molar refractivity (Wildman–Crippen MR) is 64.0 cm³/mol. The zero-order valence-electron chi connectivity index (χ0n) is 9.44. The summed E-state index contributed by atoms with van der Waals surface area (Å²) >= 11 is 0. The standard InChI is InChI=1S/C7H7F.C7H8O/c2*1-6-2-4-7(8)5-3-6/h2-5H,1H3;2-5,8H,1H3. The van der Waals surface area contributed by atoms with Crippen molar-refractivity contribution in [3.05, 3.63) is 65.5 Å². The molecule has 0 spiro atoms. The van der Waals surface area contributed by atoms with Gasteiger partial charge in [-0.1, -0.05) is 35.4 Å². The minimum Gasteiger partial charge on any atom is -0.508 e. The first kappa shape index (κ1) is 12.2. The molecular formula is C14H15FO. The first-order valence-corrected chi connectivity index (χ1v) is 5.06. The molecule has 0 aliphatic rings. The second-order valence-corrected chi connectivity index (χ2v) is 3.63.